The SMILES string of the molecule is Cc1cccc(Nc2cccc(N)c2[N+](=O)[O-])c1. The summed E-state index contributed by atoms with van der Waals surface area (Å²) in [6.07, 6.45) is 0. The molecular formula is C13H13N3O2. The largest absolute Gasteiger partial charge is 0.393 e. The quantitative estimate of drug-likeness (QED) is 0.492. The number of nitrogens with zero attached hydrogens (tertiary/aromatic N) is 1. The number of benzene rings is 2. The van der Waals surface area contributed by atoms with Crippen molar-refractivity contribution in [3.63, 3.8) is 0 Å². The van der Waals surface area contributed by atoms with E-state index in [0.717, 1.165) is 11.3 Å². The summed E-state index contributed by atoms with van der Waals surface area (Å²) < 4.78 is 0. The van der Waals surface area contributed by atoms with Crippen molar-refractivity contribution < 1.29 is 4.92 Å². The number of nitro benzene ring substituents is 1. The lowest BCUT2D eigenvalue weighted by Gasteiger charge is -2.08. The predicted molar refractivity (Wildman–Crippen MR) is 72.0 cm³/mol. The van der Waals surface area contributed by atoms with Gasteiger partial charge in [0.2, 0.25) is 0 Å². The Labute approximate surface area is 104 Å². The molecule has 2 aromatic carbocycles. The van der Waals surface area contributed by atoms with Gasteiger partial charge >= 0.3 is 5.69 Å². The van der Waals surface area contributed by atoms with Gasteiger partial charge in [-0.05, 0) is 36.8 Å². The summed E-state index contributed by atoms with van der Waals surface area (Å²) in [7, 11) is 0. The maximum Gasteiger partial charge on any atom is 0.315 e. The molecule has 0 unspecified atom stereocenters. The zero-order chi connectivity index (χ0) is 13.1. The minimum atomic E-state index is -0.479. The maximum atomic E-state index is 11.0. The molecule has 0 aromatic heterocycles. The van der Waals surface area contributed by atoms with Crippen LogP contribution in [0.2, 0.25) is 0 Å². The van der Waals surface area contributed by atoms with E-state index in [1.165, 1.54) is 6.07 Å². The predicted octanol–water partition coefficient (Wildman–Crippen LogP) is 3.23. The van der Waals surface area contributed by atoms with Crippen molar-refractivity contribution in [3.05, 3.63) is 58.1 Å². The van der Waals surface area contributed by atoms with Gasteiger partial charge in [-0.3, -0.25) is 10.1 Å². The molecule has 0 radical (unpaired) electrons. The van der Waals surface area contributed by atoms with Crippen molar-refractivity contribution in [2.75, 3.05) is 11.1 Å². The Balaban J connectivity index is 2.40. The van der Waals surface area contributed by atoms with Crippen LogP contribution in [0.1, 0.15) is 5.56 Å². The van der Waals surface area contributed by atoms with Crippen LogP contribution in [0.25, 0.3) is 0 Å². The van der Waals surface area contributed by atoms with Gasteiger partial charge in [0.15, 0.2) is 0 Å². The van der Waals surface area contributed by atoms with E-state index < -0.39 is 4.92 Å². The van der Waals surface area contributed by atoms with E-state index in [0.29, 0.717) is 5.69 Å². The van der Waals surface area contributed by atoms with Crippen LogP contribution >= 0.6 is 0 Å². The zero-order valence-corrected chi connectivity index (χ0v) is 9.88. The van der Waals surface area contributed by atoms with E-state index in [-0.39, 0.29) is 11.4 Å². The van der Waals surface area contributed by atoms with E-state index in [2.05, 4.69) is 5.32 Å². The molecule has 5 nitrogen and oxygen atoms in total. The van der Waals surface area contributed by atoms with Crippen molar-refractivity contribution in [3.8, 4) is 0 Å². The number of nitrogen functional groups attached to an aromatic ring is 1. The van der Waals surface area contributed by atoms with Gasteiger partial charge in [0, 0.05) is 5.69 Å². The van der Waals surface area contributed by atoms with E-state index in [1.807, 2.05) is 31.2 Å². The minimum Gasteiger partial charge on any atom is -0.393 e. The minimum absolute atomic E-state index is 0.0981. The Bertz CT molecular complexity index is 597. The molecule has 2 aromatic rings. The summed E-state index contributed by atoms with van der Waals surface area (Å²) in [6, 6.07) is 12.4. The van der Waals surface area contributed by atoms with E-state index in [4.69, 9.17) is 5.73 Å². The fourth-order valence-electron chi connectivity index (χ4n) is 1.74. The first-order valence-corrected chi connectivity index (χ1v) is 5.44. The average molecular weight is 243 g/mol. The lowest BCUT2D eigenvalue weighted by molar-refractivity contribution is -0.383. The van der Waals surface area contributed by atoms with Crippen LogP contribution in [-0.2, 0) is 0 Å². The van der Waals surface area contributed by atoms with Gasteiger partial charge in [0.05, 0.1) is 4.92 Å². The molecule has 18 heavy (non-hydrogen) atoms. The standard InChI is InChI=1S/C13H13N3O2/c1-9-4-2-5-10(8-9)15-12-7-3-6-11(14)13(12)16(17)18/h2-8,15H,14H2,1H3. The Hall–Kier alpha value is -2.56. The Morgan fingerprint density at radius 1 is 1.22 bits per heavy atom. The third-order valence-corrected chi connectivity index (χ3v) is 2.55. The molecule has 2 rings (SSSR count). The highest BCUT2D eigenvalue weighted by Gasteiger charge is 2.17. The van der Waals surface area contributed by atoms with Gasteiger partial charge in [-0.15, -0.1) is 0 Å². The maximum absolute atomic E-state index is 11.0. The summed E-state index contributed by atoms with van der Waals surface area (Å²) in [6.45, 7) is 1.96. The molecular weight excluding hydrogens is 230 g/mol. The molecule has 0 saturated carbocycles. The van der Waals surface area contributed by atoms with Crippen LogP contribution in [0.3, 0.4) is 0 Å². The normalized spacial score (nSPS) is 10.1. The van der Waals surface area contributed by atoms with Gasteiger partial charge in [-0.1, -0.05) is 18.2 Å². The highest BCUT2D eigenvalue weighted by Crippen LogP contribution is 2.32. The topological polar surface area (TPSA) is 81.2 Å². The molecule has 0 saturated heterocycles. The third kappa shape index (κ3) is 2.40. The number of nitrogens with one attached hydrogen (secondary N) is 1. The molecule has 0 atom stereocenters. The first kappa shape index (κ1) is 11.9. The molecule has 0 fully saturated rings. The van der Waals surface area contributed by atoms with Gasteiger partial charge in [0.1, 0.15) is 11.4 Å². The average Bonchev–Trinajstić information content (AvgIpc) is 2.28. The first-order chi connectivity index (χ1) is 8.58. The fraction of sp³-hybridized carbons (Fsp3) is 0.0769. The van der Waals surface area contributed by atoms with Gasteiger partial charge in [-0.2, -0.15) is 0 Å². The second-order valence-electron chi connectivity index (χ2n) is 3.99. The summed E-state index contributed by atoms with van der Waals surface area (Å²) in [4.78, 5) is 10.5. The number of para-hydroxylation sites is 1. The van der Waals surface area contributed by atoms with Crippen LogP contribution < -0.4 is 11.1 Å². The number of rotatable bonds is 3. The van der Waals surface area contributed by atoms with Crippen LogP contribution in [0, 0.1) is 17.0 Å². The molecule has 0 aliphatic rings. The molecule has 0 bridgehead atoms. The molecule has 0 amide bonds. The Kier molecular flexibility index (Phi) is 3.14. The van der Waals surface area contributed by atoms with Crippen LogP contribution in [0.5, 0.6) is 0 Å². The molecule has 3 N–H and O–H groups in total. The Morgan fingerprint density at radius 2 is 1.94 bits per heavy atom. The van der Waals surface area contributed by atoms with Gasteiger partial charge < -0.3 is 11.1 Å². The molecule has 0 spiro atoms. The third-order valence-electron chi connectivity index (χ3n) is 2.55. The number of hydrogen-bond donors (Lipinski definition) is 2. The molecule has 5 heteroatoms. The van der Waals surface area contributed by atoms with Crippen molar-refractivity contribution in [2.45, 2.75) is 6.92 Å². The fourth-order valence-corrected chi connectivity index (χ4v) is 1.74. The van der Waals surface area contributed by atoms with Crippen molar-refractivity contribution in [2.24, 2.45) is 0 Å². The number of nitro groups is 1. The van der Waals surface area contributed by atoms with Crippen LogP contribution in [0.15, 0.2) is 42.5 Å². The first-order valence-electron chi connectivity index (χ1n) is 5.44. The lowest BCUT2D eigenvalue weighted by Crippen LogP contribution is -2.00. The van der Waals surface area contributed by atoms with Crippen molar-refractivity contribution >= 4 is 22.7 Å². The summed E-state index contributed by atoms with van der Waals surface area (Å²) in [5, 5.41) is 14.0. The summed E-state index contributed by atoms with van der Waals surface area (Å²) in [5.74, 6) is 0. The summed E-state index contributed by atoms with van der Waals surface area (Å²) in [5.41, 5.74) is 7.94. The molecule has 92 valence electrons. The molecule has 0 aliphatic heterocycles. The second kappa shape index (κ2) is 4.75. The molecule has 0 aliphatic carbocycles. The number of anilines is 3. The van der Waals surface area contributed by atoms with Crippen molar-refractivity contribution in [1.82, 2.24) is 0 Å². The van der Waals surface area contributed by atoms with E-state index in [1.54, 1.807) is 12.1 Å². The number of hydrogen-bond acceptors (Lipinski definition) is 4. The highest BCUT2D eigenvalue weighted by atomic mass is 16.6. The van der Waals surface area contributed by atoms with E-state index >= 15 is 0 Å². The Morgan fingerprint density at radius 3 is 2.61 bits per heavy atom. The highest BCUT2D eigenvalue weighted by molar-refractivity contribution is 5.78. The van der Waals surface area contributed by atoms with E-state index in [9.17, 15) is 10.1 Å². The molecule has 0 heterocycles. The van der Waals surface area contributed by atoms with Crippen LogP contribution in [0.4, 0.5) is 22.7 Å². The monoisotopic (exact) mass is 243 g/mol. The van der Waals surface area contributed by atoms with Crippen molar-refractivity contribution in [1.29, 1.82) is 0 Å². The summed E-state index contributed by atoms with van der Waals surface area (Å²) >= 11 is 0. The number of aryl methyl sites for hydroxylation is 1. The van der Waals surface area contributed by atoms with Crippen LogP contribution in [-0.4, -0.2) is 4.92 Å². The smallest absolute Gasteiger partial charge is 0.315 e. The second-order valence-corrected chi connectivity index (χ2v) is 3.99. The van der Waals surface area contributed by atoms with Gasteiger partial charge in [-0.25, -0.2) is 0 Å². The zero-order valence-electron chi connectivity index (χ0n) is 9.88. The lowest BCUT2D eigenvalue weighted by atomic mass is 10.2. The van der Waals surface area contributed by atoms with Gasteiger partial charge in [0.25, 0.3) is 0 Å². The number of nitrogens with two attached hydrogens (primary N) is 1.